The van der Waals surface area contributed by atoms with Gasteiger partial charge in [0, 0.05) is 4.88 Å². The number of aryl methyl sites for hydroxylation is 2. The standard InChI is InChI=1S/C13H14F2N2S/c1-7-4-5-10(14)12(11(7)15)17-9(3)13-8(2)16-6-18-13/h4-6,9,17H,1-3H3. The van der Waals surface area contributed by atoms with Crippen LogP contribution in [0.1, 0.15) is 29.1 Å². The first kappa shape index (κ1) is 13.0. The minimum absolute atomic E-state index is 0.0738. The van der Waals surface area contributed by atoms with E-state index in [-0.39, 0.29) is 11.7 Å². The van der Waals surface area contributed by atoms with E-state index in [1.165, 1.54) is 23.5 Å². The summed E-state index contributed by atoms with van der Waals surface area (Å²) in [6, 6.07) is 2.52. The maximum Gasteiger partial charge on any atom is 0.152 e. The Labute approximate surface area is 109 Å². The SMILES string of the molecule is Cc1ccc(F)c(NC(C)c2scnc2C)c1F. The molecule has 0 spiro atoms. The molecule has 1 unspecified atom stereocenters. The number of rotatable bonds is 3. The normalized spacial score (nSPS) is 12.5. The molecule has 1 atom stereocenters. The van der Waals surface area contributed by atoms with Crippen molar-refractivity contribution in [1.29, 1.82) is 0 Å². The fourth-order valence-electron chi connectivity index (χ4n) is 1.80. The molecule has 1 aromatic heterocycles. The Morgan fingerprint density at radius 1 is 1.28 bits per heavy atom. The van der Waals surface area contributed by atoms with E-state index in [1.54, 1.807) is 12.4 Å². The van der Waals surface area contributed by atoms with Gasteiger partial charge in [0.1, 0.15) is 11.5 Å². The first-order valence-electron chi connectivity index (χ1n) is 5.61. The second-order valence-electron chi connectivity index (χ2n) is 4.22. The van der Waals surface area contributed by atoms with Crippen molar-refractivity contribution in [3.8, 4) is 0 Å². The highest BCUT2D eigenvalue weighted by molar-refractivity contribution is 7.09. The van der Waals surface area contributed by atoms with E-state index >= 15 is 0 Å². The van der Waals surface area contributed by atoms with Gasteiger partial charge in [-0.05, 0) is 32.4 Å². The average molecular weight is 268 g/mol. The van der Waals surface area contributed by atoms with Crippen LogP contribution in [0, 0.1) is 25.5 Å². The van der Waals surface area contributed by atoms with Gasteiger partial charge in [-0.1, -0.05) is 6.07 Å². The van der Waals surface area contributed by atoms with Crippen molar-refractivity contribution in [2.75, 3.05) is 5.32 Å². The molecular formula is C13H14F2N2S. The summed E-state index contributed by atoms with van der Waals surface area (Å²) in [6.07, 6.45) is 0. The Morgan fingerprint density at radius 3 is 2.61 bits per heavy atom. The number of anilines is 1. The molecule has 0 aliphatic rings. The molecule has 0 saturated heterocycles. The van der Waals surface area contributed by atoms with Crippen LogP contribution >= 0.6 is 11.3 Å². The largest absolute Gasteiger partial charge is 0.373 e. The van der Waals surface area contributed by atoms with Crippen molar-refractivity contribution >= 4 is 17.0 Å². The molecule has 1 N–H and O–H groups in total. The van der Waals surface area contributed by atoms with E-state index in [2.05, 4.69) is 10.3 Å². The monoisotopic (exact) mass is 268 g/mol. The molecule has 2 rings (SSSR count). The predicted molar refractivity (Wildman–Crippen MR) is 70.0 cm³/mol. The van der Waals surface area contributed by atoms with Crippen molar-refractivity contribution in [1.82, 2.24) is 4.98 Å². The van der Waals surface area contributed by atoms with Gasteiger partial charge in [-0.25, -0.2) is 13.8 Å². The predicted octanol–water partition coefficient (Wildman–Crippen LogP) is 4.21. The Kier molecular flexibility index (Phi) is 3.61. The Morgan fingerprint density at radius 2 is 2.00 bits per heavy atom. The van der Waals surface area contributed by atoms with Gasteiger partial charge >= 0.3 is 0 Å². The van der Waals surface area contributed by atoms with Crippen molar-refractivity contribution in [2.45, 2.75) is 26.8 Å². The lowest BCUT2D eigenvalue weighted by molar-refractivity contribution is 0.579. The number of nitrogens with zero attached hydrogens (tertiary/aromatic N) is 1. The minimum Gasteiger partial charge on any atom is -0.373 e. The van der Waals surface area contributed by atoms with E-state index in [1.807, 2.05) is 13.8 Å². The third kappa shape index (κ3) is 2.36. The fourth-order valence-corrected chi connectivity index (χ4v) is 2.61. The van der Waals surface area contributed by atoms with E-state index in [9.17, 15) is 8.78 Å². The van der Waals surface area contributed by atoms with Crippen molar-refractivity contribution in [3.63, 3.8) is 0 Å². The number of halogens is 2. The van der Waals surface area contributed by atoms with Gasteiger partial charge in [0.2, 0.25) is 0 Å². The van der Waals surface area contributed by atoms with Crippen LogP contribution < -0.4 is 5.32 Å². The van der Waals surface area contributed by atoms with Crippen LogP contribution in [0.5, 0.6) is 0 Å². The lowest BCUT2D eigenvalue weighted by atomic mass is 10.1. The van der Waals surface area contributed by atoms with Gasteiger partial charge in [0.25, 0.3) is 0 Å². The van der Waals surface area contributed by atoms with E-state index < -0.39 is 11.6 Å². The van der Waals surface area contributed by atoms with Crippen LogP contribution in [0.2, 0.25) is 0 Å². The van der Waals surface area contributed by atoms with Gasteiger partial charge < -0.3 is 5.32 Å². The Balaban J connectivity index is 2.30. The third-order valence-electron chi connectivity index (χ3n) is 2.82. The molecule has 2 nitrogen and oxygen atoms in total. The summed E-state index contributed by atoms with van der Waals surface area (Å²) >= 11 is 1.47. The highest BCUT2D eigenvalue weighted by Crippen LogP contribution is 2.29. The molecule has 0 saturated carbocycles. The molecular weight excluding hydrogens is 254 g/mol. The maximum absolute atomic E-state index is 13.9. The lowest BCUT2D eigenvalue weighted by Crippen LogP contribution is -2.10. The quantitative estimate of drug-likeness (QED) is 0.902. The highest BCUT2D eigenvalue weighted by Gasteiger charge is 2.16. The fraction of sp³-hybridized carbons (Fsp3) is 0.308. The van der Waals surface area contributed by atoms with Gasteiger partial charge in [-0.15, -0.1) is 11.3 Å². The topological polar surface area (TPSA) is 24.9 Å². The first-order valence-corrected chi connectivity index (χ1v) is 6.49. The smallest absolute Gasteiger partial charge is 0.152 e. The zero-order chi connectivity index (χ0) is 13.3. The van der Waals surface area contributed by atoms with Crippen LogP contribution in [0.15, 0.2) is 17.6 Å². The van der Waals surface area contributed by atoms with Crippen LogP contribution in [-0.4, -0.2) is 4.98 Å². The summed E-state index contributed by atoms with van der Waals surface area (Å²) < 4.78 is 27.5. The van der Waals surface area contributed by atoms with Crippen LogP contribution in [0.4, 0.5) is 14.5 Å². The van der Waals surface area contributed by atoms with E-state index in [4.69, 9.17) is 0 Å². The summed E-state index contributed by atoms with van der Waals surface area (Å²) in [5, 5.41) is 2.88. The molecule has 96 valence electrons. The molecule has 1 heterocycles. The molecule has 18 heavy (non-hydrogen) atoms. The number of thiazole rings is 1. The molecule has 0 aliphatic heterocycles. The van der Waals surface area contributed by atoms with Gasteiger partial charge in [-0.2, -0.15) is 0 Å². The third-order valence-corrected chi connectivity index (χ3v) is 3.93. The van der Waals surface area contributed by atoms with Crippen molar-refractivity contribution < 1.29 is 8.78 Å². The molecule has 0 fully saturated rings. The van der Waals surface area contributed by atoms with Crippen molar-refractivity contribution in [3.05, 3.63) is 45.4 Å². The molecule has 1 aromatic carbocycles. The lowest BCUT2D eigenvalue weighted by Gasteiger charge is -2.16. The Bertz CT molecular complexity index is 566. The second-order valence-corrected chi connectivity index (χ2v) is 5.11. The summed E-state index contributed by atoms with van der Waals surface area (Å²) in [5.41, 5.74) is 2.96. The van der Waals surface area contributed by atoms with Gasteiger partial charge in [0.05, 0.1) is 17.2 Å². The van der Waals surface area contributed by atoms with Crippen LogP contribution in [0.25, 0.3) is 0 Å². The number of aromatic nitrogens is 1. The average Bonchev–Trinajstić information content (AvgIpc) is 2.76. The second kappa shape index (κ2) is 5.02. The highest BCUT2D eigenvalue weighted by atomic mass is 32.1. The number of benzene rings is 1. The van der Waals surface area contributed by atoms with E-state index in [0.29, 0.717) is 5.56 Å². The number of hydrogen-bond acceptors (Lipinski definition) is 3. The minimum atomic E-state index is -0.577. The molecule has 0 bridgehead atoms. The van der Waals surface area contributed by atoms with E-state index in [0.717, 1.165) is 10.6 Å². The first-order chi connectivity index (χ1) is 8.50. The Hall–Kier alpha value is -1.49. The summed E-state index contributed by atoms with van der Waals surface area (Å²) in [4.78, 5) is 5.11. The van der Waals surface area contributed by atoms with Crippen LogP contribution in [-0.2, 0) is 0 Å². The number of hydrogen-bond donors (Lipinski definition) is 1. The summed E-state index contributed by atoms with van der Waals surface area (Å²) in [7, 11) is 0. The summed E-state index contributed by atoms with van der Waals surface area (Å²) in [5.74, 6) is -1.11. The van der Waals surface area contributed by atoms with Crippen molar-refractivity contribution in [2.24, 2.45) is 0 Å². The maximum atomic E-state index is 13.9. The zero-order valence-corrected chi connectivity index (χ0v) is 11.2. The van der Waals surface area contributed by atoms with Gasteiger partial charge in [-0.3, -0.25) is 0 Å². The molecule has 5 heteroatoms. The van der Waals surface area contributed by atoms with Crippen LogP contribution in [0.3, 0.4) is 0 Å². The molecule has 2 aromatic rings. The molecule has 0 aliphatic carbocycles. The molecule has 0 radical (unpaired) electrons. The number of nitrogens with one attached hydrogen (secondary N) is 1. The molecule has 0 amide bonds. The summed E-state index contributed by atoms with van der Waals surface area (Å²) in [6.45, 7) is 5.36. The zero-order valence-electron chi connectivity index (χ0n) is 10.4. The van der Waals surface area contributed by atoms with Gasteiger partial charge in [0.15, 0.2) is 5.82 Å².